The maximum atomic E-state index is 10.3. The van der Waals surface area contributed by atoms with Crippen LogP contribution in [0.15, 0.2) is 24.3 Å². The zero-order valence-electron chi connectivity index (χ0n) is 5.48. The summed E-state index contributed by atoms with van der Waals surface area (Å²) in [7, 11) is 2.72. The van der Waals surface area contributed by atoms with Crippen molar-refractivity contribution in [3.05, 3.63) is 34.4 Å². The number of rotatable bonds is 2. The lowest BCUT2D eigenvalue weighted by Gasteiger charge is -1.98. The maximum Gasteiger partial charge on any atom is 0.341 e. The standard InChI is InChI=1S/C6H4NO3Si/c8-7(9)5-3-1-2-4-6(5)10-11/h1-4H. The highest BCUT2D eigenvalue weighted by Crippen LogP contribution is 2.24. The van der Waals surface area contributed by atoms with Crippen molar-refractivity contribution in [3.63, 3.8) is 0 Å². The molecular weight excluding hydrogens is 162 g/mol. The van der Waals surface area contributed by atoms with Crippen LogP contribution < -0.4 is 4.43 Å². The predicted octanol–water partition coefficient (Wildman–Crippen LogP) is 1.06. The molecule has 0 aliphatic heterocycles. The zero-order chi connectivity index (χ0) is 8.27. The molecule has 4 nitrogen and oxygen atoms in total. The Morgan fingerprint density at radius 3 is 2.55 bits per heavy atom. The molecule has 11 heavy (non-hydrogen) atoms. The lowest BCUT2D eigenvalue weighted by atomic mass is 10.3. The molecule has 1 rings (SSSR count). The average molecular weight is 166 g/mol. The molecule has 0 unspecified atom stereocenters. The van der Waals surface area contributed by atoms with Crippen LogP contribution in [0.2, 0.25) is 0 Å². The Morgan fingerprint density at radius 2 is 2.09 bits per heavy atom. The largest absolute Gasteiger partial charge is 0.536 e. The lowest BCUT2D eigenvalue weighted by molar-refractivity contribution is -0.385. The molecule has 0 amide bonds. The second kappa shape index (κ2) is 3.15. The molecule has 0 N–H and O–H groups in total. The fourth-order valence-corrected chi connectivity index (χ4v) is 0.867. The molecule has 0 aliphatic carbocycles. The summed E-state index contributed by atoms with van der Waals surface area (Å²) in [5.41, 5.74) is -0.0532. The smallest absolute Gasteiger partial charge is 0.341 e. The van der Waals surface area contributed by atoms with E-state index in [1.54, 1.807) is 12.1 Å². The van der Waals surface area contributed by atoms with E-state index in [0.29, 0.717) is 0 Å². The molecule has 0 aromatic heterocycles. The minimum Gasteiger partial charge on any atom is -0.536 e. The Labute approximate surface area is 66.5 Å². The van der Waals surface area contributed by atoms with Gasteiger partial charge in [-0.15, -0.1) is 0 Å². The number of hydrogen-bond acceptors (Lipinski definition) is 3. The van der Waals surface area contributed by atoms with Crippen LogP contribution in [0.4, 0.5) is 5.69 Å². The monoisotopic (exact) mass is 166 g/mol. The molecule has 0 aliphatic rings. The fraction of sp³-hybridized carbons (Fsp3) is 0. The van der Waals surface area contributed by atoms with Crippen molar-refractivity contribution in [1.29, 1.82) is 0 Å². The molecule has 0 saturated heterocycles. The van der Waals surface area contributed by atoms with Gasteiger partial charge < -0.3 is 4.43 Å². The molecule has 5 heteroatoms. The minimum absolute atomic E-state index is 0.0532. The van der Waals surface area contributed by atoms with E-state index in [2.05, 4.69) is 14.9 Å². The van der Waals surface area contributed by atoms with E-state index in [1.807, 2.05) is 0 Å². The third kappa shape index (κ3) is 1.56. The van der Waals surface area contributed by atoms with E-state index in [1.165, 1.54) is 12.1 Å². The summed E-state index contributed by atoms with van der Waals surface area (Å²) in [6, 6.07) is 6.11. The van der Waals surface area contributed by atoms with E-state index in [9.17, 15) is 10.1 Å². The summed E-state index contributed by atoms with van der Waals surface area (Å²) in [6.07, 6.45) is 0. The number of nitro benzene ring substituents is 1. The van der Waals surface area contributed by atoms with Crippen LogP contribution in [0.1, 0.15) is 0 Å². The van der Waals surface area contributed by atoms with Crippen LogP contribution >= 0.6 is 0 Å². The van der Waals surface area contributed by atoms with E-state index >= 15 is 0 Å². The maximum absolute atomic E-state index is 10.3. The second-order valence-corrected chi connectivity index (χ2v) is 2.03. The topological polar surface area (TPSA) is 52.4 Å². The van der Waals surface area contributed by atoms with Gasteiger partial charge in [0.2, 0.25) is 0 Å². The normalized spacial score (nSPS) is 9.18. The quantitative estimate of drug-likeness (QED) is 0.375. The third-order valence-corrected chi connectivity index (χ3v) is 1.39. The van der Waals surface area contributed by atoms with Crippen LogP contribution in [0.5, 0.6) is 5.75 Å². The first-order valence-electron chi connectivity index (χ1n) is 2.82. The van der Waals surface area contributed by atoms with Gasteiger partial charge in [0.15, 0.2) is 5.75 Å². The molecule has 1 aromatic carbocycles. The van der Waals surface area contributed by atoms with Gasteiger partial charge in [-0.05, 0) is 6.07 Å². The van der Waals surface area contributed by atoms with Crippen LogP contribution in [0.3, 0.4) is 0 Å². The first-order valence-corrected chi connectivity index (χ1v) is 3.23. The van der Waals surface area contributed by atoms with Crippen molar-refractivity contribution < 1.29 is 9.35 Å². The average Bonchev–Trinajstić information content (AvgIpc) is 2.04. The second-order valence-electron chi connectivity index (χ2n) is 1.83. The van der Waals surface area contributed by atoms with Crippen molar-refractivity contribution in [2.75, 3.05) is 0 Å². The number of para-hydroxylation sites is 2. The fourth-order valence-electron chi connectivity index (χ4n) is 0.694. The summed E-state index contributed by atoms with van der Waals surface area (Å²) in [4.78, 5) is 9.78. The zero-order valence-corrected chi connectivity index (χ0v) is 6.48. The van der Waals surface area contributed by atoms with Crippen LogP contribution in [-0.2, 0) is 0 Å². The van der Waals surface area contributed by atoms with Crippen LogP contribution in [0.25, 0.3) is 0 Å². The van der Waals surface area contributed by atoms with Gasteiger partial charge in [-0.25, -0.2) is 0 Å². The number of nitro groups is 1. The SMILES string of the molecule is O=[N+]([O-])c1ccccc1O[Si]. The summed E-state index contributed by atoms with van der Waals surface area (Å²) in [5, 5.41) is 10.3. The highest BCUT2D eigenvalue weighted by atomic mass is 28.2. The first kappa shape index (κ1) is 7.74. The van der Waals surface area contributed by atoms with E-state index in [4.69, 9.17) is 0 Å². The van der Waals surface area contributed by atoms with Gasteiger partial charge in [-0.1, -0.05) is 12.1 Å². The predicted molar refractivity (Wildman–Crippen MR) is 39.5 cm³/mol. The molecule has 0 heterocycles. The summed E-state index contributed by atoms with van der Waals surface area (Å²) >= 11 is 0. The Morgan fingerprint density at radius 1 is 1.45 bits per heavy atom. The van der Waals surface area contributed by atoms with Gasteiger partial charge in [0.1, 0.15) is 0 Å². The van der Waals surface area contributed by atoms with Crippen molar-refractivity contribution in [1.82, 2.24) is 0 Å². The summed E-state index contributed by atoms with van der Waals surface area (Å²) < 4.78 is 4.57. The van der Waals surface area contributed by atoms with E-state index in [-0.39, 0.29) is 11.4 Å². The number of hydrogen-bond donors (Lipinski definition) is 0. The highest BCUT2D eigenvalue weighted by Gasteiger charge is 2.10. The van der Waals surface area contributed by atoms with Crippen molar-refractivity contribution in [2.45, 2.75) is 0 Å². The molecule has 3 radical (unpaired) electrons. The van der Waals surface area contributed by atoms with Crippen molar-refractivity contribution >= 4 is 16.2 Å². The summed E-state index contributed by atoms with van der Waals surface area (Å²) in [6.45, 7) is 0. The molecule has 0 bridgehead atoms. The van der Waals surface area contributed by atoms with Gasteiger partial charge in [-0.3, -0.25) is 10.1 Å². The van der Waals surface area contributed by atoms with Crippen molar-refractivity contribution in [3.8, 4) is 5.75 Å². The van der Waals surface area contributed by atoms with Crippen LogP contribution in [0, 0.1) is 10.1 Å². The van der Waals surface area contributed by atoms with E-state index in [0.717, 1.165) is 0 Å². The molecule has 0 fully saturated rings. The number of nitrogens with zero attached hydrogens (tertiary/aromatic N) is 1. The Balaban J connectivity index is 3.12. The Bertz CT molecular complexity index is 276. The molecule has 0 saturated carbocycles. The molecule has 55 valence electrons. The van der Waals surface area contributed by atoms with Gasteiger partial charge >= 0.3 is 16.2 Å². The van der Waals surface area contributed by atoms with Gasteiger partial charge in [0.05, 0.1) is 4.92 Å². The molecule has 1 aromatic rings. The highest BCUT2D eigenvalue weighted by molar-refractivity contribution is 6.00. The minimum atomic E-state index is -0.504. The van der Waals surface area contributed by atoms with Crippen LogP contribution in [-0.4, -0.2) is 15.4 Å². The Hall–Kier alpha value is -1.36. The molecule has 0 spiro atoms. The third-order valence-electron chi connectivity index (χ3n) is 1.17. The van der Waals surface area contributed by atoms with Gasteiger partial charge in [0.25, 0.3) is 0 Å². The molecule has 0 atom stereocenters. The van der Waals surface area contributed by atoms with E-state index < -0.39 is 4.92 Å². The Kier molecular flexibility index (Phi) is 2.22. The van der Waals surface area contributed by atoms with Gasteiger partial charge in [-0.2, -0.15) is 0 Å². The lowest BCUT2D eigenvalue weighted by Crippen LogP contribution is -1.93. The number of benzene rings is 1. The first-order chi connectivity index (χ1) is 5.25. The summed E-state index contributed by atoms with van der Waals surface area (Å²) in [5.74, 6) is 0.203. The molecular formula is C6H4NO3Si. The van der Waals surface area contributed by atoms with Crippen molar-refractivity contribution in [2.24, 2.45) is 0 Å². The van der Waals surface area contributed by atoms with Gasteiger partial charge in [0, 0.05) is 6.07 Å².